The van der Waals surface area contributed by atoms with Gasteiger partial charge in [-0.05, 0) is 66.1 Å². The summed E-state index contributed by atoms with van der Waals surface area (Å²) in [4.78, 5) is 12.3. The first-order chi connectivity index (χ1) is 15.7. The van der Waals surface area contributed by atoms with Crippen molar-refractivity contribution < 1.29 is 17.9 Å². The van der Waals surface area contributed by atoms with Crippen LogP contribution in [0.2, 0.25) is 5.02 Å². The standard InChI is InChI=1S/C24H24ClN3O4S/c1-18-6-3-4-9-23(18)28(33(2,30)31)16-24(29)27-26-15-19-10-12-22(13-11-19)32-17-20-7-5-8-21(25)14-20/h3-15H,16-17H2,1-2H3,(H,27,29)/b26-15-. The highest BCUT2D eigenvalue weighted by atomic mass is 35.5. The molecule has 3 aromatic rings. The number of ether oxygens (including phenoxy) is 1. The van der Waals surface area contributed by atoms with E-state index in [1.165, 1.54) is 6.21 Å². The number of nitrogens with zero attached hydrogens (tertiary/aromatic N) is 2. The van der Waals surface area contributed by atoms with Crippen molar-refractivity contribution in [2.75, 3.05) is 17.1 Å². The quantitative estimate of drug-likeness (QED) is 0.364. The molecular formula is C24H24ClN3O4S. The number of hydrogen-bond acceptors (Lipinski definition) is 5. The van der Waals surface area contributed by atoms with Gasteiger partial charge >= 0.3 is 0 Å². The first kappa shape index (κ1) is 24.3. The monoisotopic (exact) mass is 485 g/mol. The van der Waals surface area contributed by atoms with Gasteiger partial charge in [0.1, 0.15) is 18.9 Å². The molecule has 0 heterocycles. The van der Waals surface area contributed by atoms with Crippen LogP contribution in [-0.2, 0) is 21.4 Å². The smallest absolute Gasteiger partial charge is 0.260 e. The molecule has 0 unspecified atom stereocenters. The third-order valence-corrected chi connectivity index (χ3v) is 6.01. The molecule has 0 saturated heterocycles. The van der Waals surface area contributed by atoms with E-state index in [4.69, 9.17) is 16.3 Å². The number of aryl methyl sites for hydroxylation is 1. The van der Waals surface area contributed by atoms with Gasteiger partial charge in [-0.3, -0.25) is 9.10 Å². The van der Waals surface area contributed by atoms with Crippen molar-refractivity contribution in [1.29, 1.82) is 0 Å². The van der Waals surface area contributed by atoms with Crippen molar-refractivity contribution in [3.8, 4) is 5.75 Å². The molecule has 0 fully saturated rings. The molecule has 0 radical (unpaired) electrons. The van der Waals surface area contributed by atoms with Gasteiger partial charge in [0.05, 0.1) is 18.2 Å². The Hall–Kier alpha value is -3.36. The maximum Gasteiger partial charge on any atom is 0.260 e. The van der Waals surface area contributed by atoms with Crippen molar-refractivity contribution in [3.63, 3.8) is 0 Å². The lowest BCUT2D eigenvalue weighted by Crippen LogP contribution is -2.39. The minimum atomic E-state index is -3.65. The lowest BCUT2D eigenvalue weighted by Gasteiger charge is -2.23. The number of hydrazone groups is 1. The van der Waals surface area contributed by atoms with E-state index in [1.54, 1.807) is 61.5 Å². The molecule has 172 valence electrons. The Labute approximate surface area is 198 Å². The molecule has 9 heteroatoms. The molecular weight excluding hydrogens is 462 g/mol. The zero-order valence-corrected chi connectivity index (χ0v) is 19.8. The van der Waals surface area contributed by atoms with Gasteiger partial charge in [0.2, 0.25) is 10.0 Å². The minimum absolute atomic E-state index is 0.378. The Kier molecular flexibility index (Phi) is 8.08. The molecule has 0 atom stereocenters. The van der Waals surface area contributed by atoms with E-state index in [0.717, 1.165) is 27.3 Å². The lowest BCUT2D eigenvalue weighted by molar-refractivity contribution is -0.119. The van der Waals surface area contributed by atoms with Crippen LogP contribution in [0.1, 0.15) is 16.7 Å². The van der Waals surface area contributed by atoms with Gasteiger partial charge in [0.15, 0.2) is 0 Å². The highest BCUT2D eigenvalue weighted by Crippen LogP contribution is 2.21. The number of para-hydroxylation sites is 1. The summed E-state index contributed by atoms with van der Waals surface area (Å²) < 4.78 is 31.2. The third kappa shape index (κ3) is 7.34. The SMILES string of the molecule is Cc1ccccc1N(CC(=O)N/N=C\c1ccc(OCc2cccc(Cl)c2)cc1)S(C)(=O)=O. The van der Waals surface area contributed by atoms with Gasteiger partial charge in [-0.2, -0.15) is 5.10 Å². The normalized spacial score (nSPS) is 11.4. The Bertz CT molecular complexity index is 1240. The van der Waals surface area contributed by atoms with Gasteiger partial charge in [-0.25, -0.2) is 13.8 Å². The number of carbonyl (C=O) groups is 1. The fourth-order valence-corrected chi connectivity index (χ4v) is 4.14. The summed E-state index contributed by atoms with van der Waals surface area (Å²) in [5.41, 5.74) is 5.27. The predicted molar refractivity (Wildman–Crippen MR) is 131 cm³/mol. The zero-order chi connectivity index (χ0) is 23.8. The maximum atomic E-state index is 12.3. The molecule has 33 heavy (non-hydrogen) atoms. The van der Waals surface area contributed by atoms with Crippen molar-refractivity contribution in [3.05, 3.63) is 94.5 Å². The number of sulfonamides is 1. The summed E-state index contributed by atoms with van der Waals surface area (Å²) >= 11 is 5.97. The average molecular weight is 486 g/mol. The summed E-state index contributed by atoms with van der Waals surface area (Å²) in [6.07, 6.45) is 2.53. The number of amides is 1. The molecule has 1 N–H and O–H groups in total. The number of hydrogen-bond donors (Lipinski definition) is 1. The first-order valence-electron chi connectivity index (χ1n) is 10.0. The fraction of sp³-hybridized carbons (Fsp3) is 0.167. The van der Waals surface area contributed by atoms with E-state index < -0.39 is 15.9 Å². The van der Waals surface area contributed by atoms with Gasteiger partial charge in [0.25, 0.3) is 5.91 Å². The Balaban J connectivity index is 1.55. The van der Waals surface area contributed by atoms with E-state index in [0.29, 0.717) is 23.1 Å². The van der Waals surface area contributed by atoms with Crippen LogP contribution in [0.15, 0.2) is 77.9 Å². The molecule has 0 saturated carbocycles. The van der Waals surface area contributed by atoms with Gasteiger partial charge in [-0.1, -0.05) is 41.9 Å². The first-order valence-corrected chi connectivity index (χ1v) is 12.3. The summed E-state index contributed by atoms with van der Waals surface area (Å²) in [5, 5.41) is 4.58. The number of nitrogens with one attached hydrogen (secondary N) is 1. The van der Waals surface area contributed by atoms with Gasteiger partial charge in [-0.15, -0.1) is 0 Å². The molecule has 3 aromatic carbocycles. The second-order valence-corrected chi connectivity index (χ2v) is 9.68. The molecule has 0 aromatic heterocycles. The molecule has 0 aliphatic heterocycles. The number of rotatable bonds is 9. The van der Waals surface area contributed by atoms with Crippen LogP contribution in [0.4, 0.5) is 5.69 Å². The maximum absolute atomic E-state index is 12.3. The zero-order valence-electron chi connectivity index (χ0n) is 18.2. The predicted octanol–water partition coefficient (Wildman–Crippen LogP) is 4.14. The Morgan fingerprint density at radius 3 is 2.48 bits per heavy atom. The van der Waals surface area contributed by atoms with Crippen LogP contribution in [0, 0.1) is 6.92 Å². The van der Waals surface area contributed by atoms with Crippen LogP contribution in [-0.4, -0.2) is 33.3 Å². The van der Waals surface area contributed by atoms with E-state index in [2.05, 4.69) is 10.5 Å². The molecule has 1 amide bonds. The number of benzene rings is 3. The van der Waals surface area contributed by atoms with Crippen molar-refractivity contribution >= 4 is 39.4 Å². The molecule has 0 aliphatic rings. The van der Waals surface area contributed by atoms with E-state index in [9.17, 15) is 13.2 Å². The molecule has 0 aliphatic carbocycles. The summed E-state index contributed by atoms with van der Waals surface area (Å²) in [5.74, 6) is 0.125. The van der Waals surface area contributed by atoms with Crippen LogP contribution in [0.25, 0.3) is 0 Å². The third-order valence-electron chi connectivity index (χ3n) is 4.65. The van der Waals surface area contributed by atoms with Crippen LogP contribution < -0.4 is 14.5 Å². The second kappa shape index (κ2) is 11.0. The van der Waals surface area contributed by atoms with E-state index in [1.807, 2.05) is 18.2 Å². The van der Waals surface area contributed by atoms with Crippen molar-refractivity contribution in [2.24, 2.45) is 5.10 Å². The topological polar surface area (TPSA) is 88.1 Å². The Morgan fingerprint density at radius 1 is 1.09 bits per heavy atom. The van der Waals surface area contributed by atoms with Crippen molar-refractivity contribution in [2.45, 2.75) is 13.5 Å². The highest BCUT2D eigenvalue weighted by molar-refractivity contribution is 7.92. The molecule has 7 nitrogen and oxygen atoms in total. The summed E-state index contributed by atoms with van der Waals surface area (Å²) in [7, 11) is -3.65. The van der Waals surface area contributed by atoms with Crippen LogP contribution in [0.3, 0.4) is 0 Å². The van der Waals surface area contributed by atoms with Crippen molar-refractivity contribution in [1.82, 2.24) is 5.43 Å². The van der Waals surface area contributed by atoms with Crippen LogP contribution in [0.5, 0.6) is 5.75 Å². The van der Waals surface area contributed by atoms with Crippen LogP contribution >= 0.6 is 11.6 Å². The highest BCUT2D eigenvalue weighted by Gasteiger charge is 2.21. The fourth-order valence-electron chi connectivity index (χ4n) is 3.01. The lowest BCUT2D eigenvalue weighted by atomic mass is 10.2. The van der Waals surface area contributed by atoms with Gasteiger partial charge in [0, 0.05) is 5.02 Å². The average Bonchev–Trinajstić information content (AvgIpc) is 2.77. The largest absolute Gasteiger partial charge is 0.489 e. The molecule has 0 spiro atoms. The van der Waals surface area contributed by atoms with E-state index >= 15 is 0 Å². The number of carbonyl (C=O) groups excluding carboxylic acids is 1. The number of anilines is 1. The summed E-state index contributed by atoms with van der Waals surface area (Å²) in [6, 6.07) is 21.6. The second-order valence-electron chi connectivity index (χ2n) is 7.34. The van der Waals surface area contributed by atoms with Gasteiger partial charge < -0.3 is 4.74 Å². The summed E-state index contributed by atoms with van der Waals surface area (Å²) in [6.45, 7) is 1.80. The Morgan fingerprint density at radius 2 is 1.82 bits per heavy atom. The number of halogens is 1. The molecule has 0 bridgehead atoms. The molecule has 3 rings (SSSR count). The van der Waals surface area contributed by atoms with E-state index in [-0.39, 0.29) is 6.54 Å². The minimum Gasteiger partial charge on any atom is -0.489 e.